The molecule has 2 heteroatoms. The average Bonchev–Trinajstić information content (AvgIpc) is 2.14. The van der Waals surface area contributed by atoms with Crippen LogP contribution in [0.3, 0.4) is 0 Å². The highest BCUT2D eigenvalue weighted by Crippen LogP contribution is 1.97. The summed E-state index contributed by atoms with van der Waals surface area (Å²) in [5.74, 6) is 0. The van der Waals surface area contributed by atoms with Crippen molar-refractivity contribution in [1.82, 2.24) is 0 Å². The first-order valence-corrected chi connectivity index (χ1v) is 4.87. The van der Waals surface area contributed by atoms with E-state index in [0.717, 1.165) is 0 Å². The minimum absolute atomic E-state index is 0. The molecule has 0 radical (unpaired) electrons. The maximum atomic E-state index is 2.25. The van der Waals surface area contributed by atoms with E-state index in [-0.39, 0.29) is 5.48 Å². The zero-order valence-electron chi connectivity index (χ0n) is 8.32. The second-order valence-corrected chi connectivity index (χ2v) is 3.17. The van der Waals surface area contributed by atoms with Gasteiger partial charge in [-0.05, 0) is 6.42 Å². The molecule has 2 nitrogen and oxygen atoms in total. The summed E-state index contributed by atoms with van der Waals surface area (Å²) < 4.78 is 2.25. The van der Waals surface area contributed by atoms with Crippen molar-refractivity contribution in [2.45, 2.75) is 39.2 Å². The lowest BCUT2D eigenvalue weighted by Gasteiger charge is -1.95. The van der Waals surface area contributed by atoms with Gasteiger partial charge in [0.25, 0.3) is 0 Å². The van der Waals surface area contributed by atoms with Crippen molar-refractivity contribution in [2.24, 2.45) is 0 Å². The minimum Gasteiger partial charge on any atom is -0.870 e. The standard InChI is InChI=1S/C11H18N.H2O/c1-2-3-4-6-9-12-10-7-5-8-11-12;/h5,7-8,10-11H,2-4,6,9H2,1H3;1H2/q+1;/p-1. The van der Waals surface area contributed by atoms with E-state index >= 15 is 0 Å². The number of unbranched alkanes of at least 4 members (excludes halogenated alkanes) is 3. The van der Waals surface area contributed by atoms with Crippen molar-refractivity contribution in [2.75, 3.05) is 0 Å². The molecular formula is C11H19NO. The van der Waals surface area contributed by atoms with Crippen molar-refractivity contribution in [3.63, 3.8) is 0 Å². The summed E-state index contributed by atoms with van der Waals surface area (Å²) in [6.45, 7) is 3.41. The number of pyridine rings is 1. The normalized spacial score (nSPS) is 9.31. The lowest BCUT2D eigenvalue weighted by Crippen LogP contribution is -2.32. The summed E-state index contributed by atoms with van der Waals surface area (Å²) in [6, 6.07) is 6.22. The van der Waals surface area contributed by atoms with Gasteiger partial charge < -0.3 is 5.48 Å². The number of aryl methyl sites for hydroxylation is 1. The van der Waals surface area contributed by atoms with Crippen LogP contribution >= 0.6 is 0 Å². The molecule has 0 saturated heterocycles. The van der Waals surface area contributed by atoms with E-state index in [1.54, 1.807) is 0 Å². The summed E-state index contributed by atoms with van der Waals surface area (Å²) in [6.07, 6.45) is 9.62. The van der Waals surface area contributed by atoms with Crippen LogP contribution in [0.15, 0.2) is 30.6 Å². The van der Waals surface area contributed by atoms with Gasteiger partial charge in [0, 0.05) is 18.6 Å². The van der Waals surface area contributed by atoms with Crippen LogP contribution in [-0.2, 0) is 6.54 Å². The van der Waals surface area contributed by atoms with Crippen LogP contribution in [-0.4, -0.2) is 5.48 Å². The maximum absolute atomic E-state index is 2.25. The molecule has 0 unspecified atom stereocenters. The predicted octanol–water partition coefficient (Wildman–Crippen LogP) is 2.38. The van der Waals surface area contributed by atoms with E-state index in [1.165, 1.54) is 32.2 Å². The van der Waals surface area contributed by atoms with E-state index in [2.05, 4.69) is 42.1 Å². The second kappa shape index (κ2) is 7.74. The molecule has 0 aromatic carbocycles. The van der Waals surface area contributed by atoms with Crippen LogP contribution in [0, 0.1) is 0 Å². The first-order chi connectivity index (χ1) is 5.93. The lowest BCUT2D eigenvalue weighted by atomic mass is 10.2. The van der Waals surface area contributed by atoms with Gasteiger partial charge in [-0.15, -0.1) is 0 Å². The van der Waals surface area contributed by atoms with Crippen molar-refractivity contribution >= 4 is 0 Å². The highest BCUT2D eigenvalue weighted by Gasteiger charge is 1.95. The first-order valence-electron chi connectivity index (χ1n) is 4.87. The molecule has 0 saturated carbocycles. The molecule has 0 aliphatic rings. The van der Waals surface area contributed by atoms with Gasteiger partial charge in [-0.25, -0.2) is 4.57 Å². The fourth-order valence-electron chi connectivity index (χ4n) is 1.30. The topological polar surface area (TPSA) is 33.9 Å². The molecule has 1 N–H and O–H groups in total. The molecule has 0 amide bonds. The van der Waals surface area contributed by atoms with Crippen LogP contribution in [0.4, 0.5) is 0 Å². The van der Waals surface area contributed by atoms with Crippen molar-refractivity contribution in [3.05, 3.63) is 30.6 Å². The zero-order chi connectivity index (χ0) is 8.65. The summed E-state index contributed by atoms with van der Waals surface area (Å²) in [4.78, 5) is 0. The monoisotopic (exact) mass is 181 g/mol. The molecule has 1 aromatic rings. The molecule has 1 heterocycles. The quantitative estimate of drug-likeness (QED) is 0.507. The number of nitrogens with zero attached hydrogens (tertiary/aromatic N) is 1. The summed E-state index contributed by atoms with van der Waals surface area (Å²) in [5.41, 5.74) is 0. The van der Waals surface area contributed by atoms with Crippen LogP contribution in [0.1, 0.15) is 32.6 Å². The third kappa shape index (κ3) is 5.36. The molecule has 0 aliphatic heterocycles. The molecule has 0 fully saturated rings. The Hall–Kier alpha value is -0.890. The Morgan fingerprint density at radius 3 is 2.23 bits per heavy atom. The molecule has 13 heavy (non-hydrogen) atoms. The van der Waals surface area contributed by atoms with Crippen LogP contribution in [0.25, 0.3) is 0 Å². The van der Waals surface area contributed by atoms with Crippen LogP contribution in [0.5, 0.6) is 0 Å². The Kier molecular flexibility index (Phi) is 7.21. The van der Waals surface area contributed by atoms with Crippen molar-refractivity contribution < 1.29 is 10.0 Å². The van der Waals surface area contributed by atoms with Gasteiger partial charge in [0.1, 0.15) is 6.54 Å². The number of rotatable bonds is 5. The third-order valence-corrected chi connectivity index (χ3v) is 2.05. The predicted molar refractivity (Wildman–Crippen MR) is 52.7 cm³/mol. The molecule has 1 aromatic heterocycles. The maximum Gasteiger partial charge on any atom is 0.168 e. The van der Waals surface area contributed by atoms with E-state index in [1.807, 2.05) is 0 Å². The Morgan fingerprint density at radius 1 is 0.923 bits per heavy atom. The van der Waals surface area contributed by atoms with E-state index in [0.29, 0.717) is 0 Å². The van der Waals surface area contributed by atoms with Crippen molar-refractivity contribution in [3.8, 4) is 0 Å². The summed E-state index contributed by atoms with van der Waals surface area (Å²) >= 11 is 0. The Morgan fingerprint density at radius 2 is 1.62 bits per heavy atom. The summed E-state index contributed by atoms with van der Waals surface area (Å²) in [7, 11) is 0. The Labute approximate surface area is 80.5 Å². The van der Waals surface area contributed by atoms with Gasteiger partial charge in [0.05, 0.1) is 0 Å². The number of hydrogen-bond acceptors (Lipinski definition) is 1. The van der Waals surface area contributed by atoms with Gasteiger partial charge in [-0.3, -0.25) is 0 Å². The SMILES string of the molecule is CCCCCC[n+]1ccccc1.[OH-]. The molecule has 0 atom stereocenters. The van der Waals surface area contributed by atoms with Gasteiger partial charge >= 0.3 is 0 Å². The molecule has 0 spiro atoms. The largest absolute Gasteiger partial charge is 0.870 e. The molecule has 0 aliphatic carbocycles. The van der Waals surface area contributed by atoms with Gasteiger partial charge in [0.2, 0.25) is 0 Å². The van der Waals surface area contributed by atoms with Crippen molar-refractivity contribution in [1.29, 1.82) is 0 Å². The minimum atomic E-state index is 0. The average molecular weight is 181 g/mol. The summed E-state index contributed by atoms with van der Waals surface area (Å²) in [5, 5.41) is 0. The van der Waals surface area contributed by atoms with E-state index in [9.17, 15) is 0 Å². The molecule has 74 valence electrons. The van der Waals surface area contributed by atoms with Gasteiger partial charge in [-0.1, -0.05) is 25.8 Å². The lowest BCUT2D eigenvalue weighted by molar-refractivity contribution is -0.697. The number of aromatic nitrogens is 1. The third-order valence-electron chi connectivity index (χ3n) is 2.05. The molecular weight excluding hydrogens is 162 g/mol. The molecule has 1 rings (SSSR count). The fourth-order valence-corrected chi connectivity index (χ4v) is 1.30. The van der Waals surface area contributed by atoms with E-state index in [4.69, 9.17) is 0 Å². The Balaban J connectivity index is 0.00000144. The number of hydrogen-bond donors (Lipinski definition) is 0. The highest BCUT2D eigenvalue weighted by atomic mass is 16.0. The molecule has 0 bridgehead atoms. The fraction of sp³-hybridized carbons (Fsp3) is 0.545. The van der Waals surface area contributed by atoms with E-state index < -0.39 is 0 Å². The second-order valence-electron chi connectivity index (χ2n) is 3.17. The van der Waals surface area contributed by atoms with Crippen LogP contribution < -0.4 is 4.57 Å². The first kappa shape index (κ1) is 12.1. The highest BCUT2D eigenvalue weighted by molar-refractivity contribution is 4.83. The Bertz CT molecular complexity index is 199. The van der Waals surface area contributed by atoms with Gasteiger partial charge in [-0.2, -0.15) is 0 Å². The smallest absolute Gasteiger partial charge is 0.168 e. The zero-order valence-corrected chi connectivity index (χ0v) is 8.32. The van der Waals surface area contributed by atoms with Gasteiger partial charge in [0.15, 0.2) is 12.4 Å². The van der Waals surface area contributed by atoms with Crippen LogP contribution in [0.2, 0.25) is 0 Å².